The van der Waals surface area contributed by atoms with Gasteiger partial charge >= 0.3 is 5.97 Å². The van der Waals surface area contributed by atoms with Crippen LogP contribution in [0.25, 0.3) is 5.65 Å². The standard InChI is InChI=1S/C31H32ClN3O3/c32-25-14-12-24(13-15-25)31(16-5-2-6-17-31)21-33-29(36)27-10-7-11-28-34-26(20-35(27)28)19-23(30(37)38)18-22-8-3-1-4-9-22/h1,3-4,7-15,20,23H,2,5-6,16-19,21H2,(H,33,36)(H,37,38). The molecule has 4 aromatic rings. The van der Waals surface area contributed by atoms with Gasteiger partial charge in [-0.3, -0.25) is 14.0 Å². The number of fused-ring (bicyclic) bond motifs is 1. The maximum Gasteiger partial charge on any atom is 0.307 e. The Bertz CT molecular complexity index is 1410. The Morgan fingerprint density at radius 2 is 1.68 bits per heavy atom. The molecule has 2 aromatic carbocycles. The van der Waals surface area contributed by atoms with Gasteiger partial charge in [-0.05, 0) is 54.7 Å². The van der Waals surface area contributed by atoms with Crippen LogP contribution in [0.2, 0.25) is 5.02 Å². The first-order valence-corrected chi connectivity index (χ1v) is 13.6. The molecule has 2 aromatic heterocycles. The molecule has 1 aliphatic carbocycles. The van der Waals surface area contributed by atoms with Crippen LogP contribution in [0.3, 0.4) is 0 Å². The summed E-state index contributed by atoms with van der Waals surface area (Å²) in [6, 6.07) is 23.0. The van der Waals surface area contributed by atoms with Gasteiger partial charge in [-0.25, -0.2) is 4.98 Å². The molecule has 2 heterocycles. The van der Waals surface area contributed by atoms with Crippen LogP contribution in [-0.2, 0) is 23.1 Å². The van der Waals surface area contributed by atoms with Gasteiger partial charge in [-0.15, -0.1) is 0 Å². The normalized spacial score (nSPS) is 15.7. The molecule has 0 aliphatic heterocycles. The molecular formula is C31H32ClN3O3. The van der Waals surface area contributed by atoms with Gasteiger partial charge in [0.15, 0.2) is 0 Å². The fourth-order valence-corrected chi connectivity index (χ4v) is 5.81. The summed E-state index contributed by atoms with van der Waals surface area (Å²) >= 11 is 6.14. The Balaban J connectivity index is 1.34. The highest BCUT2D eigenvalue weighted by Gasteiger charge is 2.34. The number of aliphatic carboxylic acids is 1. The number of benzene rings is 2. The Hall–Kier alpha value is -3.64. The Morgan fingerprint density at radius 3 is 2.39 bits per heavy atom. The first-order valence-electron chi connectivity index (χ1n) is 13.2. The van der Waals surface area contributed by atoms with Gasteiger partial charge in [0.1, 0.15) is 11.3 Å². The Morgan fingerprint density at radius 1 is 0.947 bits per heavy atom. The maximum absolute atomic E-state index is 13.4. The summed E-state index contributed by atoms with van der Waals surface area (Å²) in [7, 11) is 0. The minimum absolute atomic E-state index is 0.112. The predicted molar refractivity (Wildman–Crippen MR) is 149 cm³/mol. The first kappa shape index (κ1) is 26.0. The summed E-state index contributed by atoms with van der Waals surface area (Å²) in [6.45, 7) is 0.545. The number of nitrogens with one attached hydrogen (secondary N) is 1. The van der Waals surface area contributed by atoms with Gasteiger partial charge in [0, 0.05) is 29.6 Å². The minimum atomic E-state index is -0.858. The highest BCUT2D eigenvalue weighted by atomic mass is 35.5. The van der Waals surface area contributed by atoms with Crippen LogP contribution in [0.15, 0.2) is 79.0 Å². The zero-order chi connectivity index (χ0) is 26.5. The zero-order valence-corrected chi connectivity index (χ0v) is 22.0. The third kappa shape index (κ3) is 5.76. The lowest BCUT2D eigenvalue weighted by atomic mass is 9.69. The quantitative estimate of drug-likeness (QED) is 0.274. The van der Waals surface area contributed by atoms with Gasteiger partial charge < -0.3 is 10.4 Å². The molecule has 1 amide bonds. The second-order valence-corrected chi connectivity index (χ2v) is 10.8. The fourth-order valence-electron chi connectivity index (χ4n) is 5.68. The van der Waals surface area contributed by atoms with Crippen molar-refractivity contribution >= 4 is 29.1 Å². The molecule has 1 atom stereocenters. The molecule has 0 saturated heterocycles. The number of carboxylic acid groups (broad SMARTS) is 1. The van der Waals surface area contributed by atoms with E-state index >= 15 is 0 Å². The van der Waals surface area contributed by atoms with Crippen LogP contribution in [-0.4, -0.2) is 32.9 Å². The van der Waals surface area contributed by atoms with Gasteiger partial charge in [0.2, 0.25) is 0 Å². The number of nitrogens with zero attached hydrogens (tertiary/aromatic N) is 2. The third-order valence-corrected chi connectivity index (χ3v) is 8.01. The minimum Gasteiger partial charge on any atom is -0.481 e. The van der Waals surface area contributed by atoms with Crippen LogP contribution in [0, 0.1) is 5.92 Å². The van der Waals surface area contributed by atoms with Crippen molar-refractivity contribution < 1.29 is 14.7 Å². The van der Waals surface area contributed by atoms with Crippen molar-refractivity contribution in [3.8, 4) is 0 Å². The number of halogens is 1. The van der Waals surface area contributed by atoms with Crippen molar-refractivity contribution in [1.29, 1.82) is 0 Å². The number of rotatable bonds is 9. The number of carbonyl (C=O) groups is 2. The van der Waals surface area contributed by atoms with Gasteiger partial charge in [0.05, 0.1) is 11.6 Å². The summed E-state index contributed by atoms with van der Waals surface area (Å²) in [5.74, 6) is -1.63. The van der Waals surface area contributed by atoms with Crippen molar-refractivity contribution in [3.05, 3.63) is 107 Å². The molecule has 1 fully saturated rings. The second-order valence-electron chi connectivity index (χ2n) is 10.3. The molecule has 0 spiro atoms. The molecule has 1 saturated carbocycles. The SMILES string of the molecule is O=C(NCC1(c2ccc(Cl)cc2)CCCCC1)c1cccc2nc(CC(Cc3ccccc3)C(=O)O)cn12. The molecular weight excluding hydrogens is 498 g/mol. The zero-order valence-electron chi connectivity index (χ0n) is 21.3. The van der Waals surface area contributed by atoms with E-state index in [9.17, 15) is 14.7 Å². The van der Waals surface area contributed by atoms with Crippen molar-refractivity contribution in [2.75, 3.05) is 6.54 Å². The summed E-state index contributed by atoms with van der Waals surface area (Å²) in [6.07, 6.45) is 8.01. The van der Waals surface area contributed by atoms with E-state index in [0.717, 1.165) is 31.2 Å². The van der Waals surface area contributed by atoms with E-state index in [4.69, 9.17) is 11.6 Å². The van der Waals surface area contributed by atoms with E-state index in [1.54, 1.807) is 16.7 Å². The van der Waals surface area contributed by atoms with Crippen LogP contribution < -0.4 is 5.32 Å². The largest absolute Gasteiger partial charge is 0.481 e. The van der Waals surface area contributed by atoms with E-state index in [1.807, 2.05) is 54.6 Å². The van der Waals surface area contributed by atoms with E-state index in [-0.39, 0.29) is 17.7 Å². The Labute approximate surface area is 227 Å². The number of aromatic nitrogens is 2. The predicted octanol–water partition coefficient (Wildman–Crippen LogP) is 6.11. The lowest BCUT2D eigenvalue weighted by Gasteiger charge is -2.38. The van der Waals surface area contributed by atoms with E-state index in [0.29, 0.717) is 35.0 Å². The highest BCUT2D eigenvalue weighted by Crippen LogP contribution is 2.39. The highest BCUT2D eigenvalue weighted by molar-refractivity contribution is 6.30. The number of hydrogen-bond donors (Lipinski definition) is 2. The van der Waals surface area contributed by atoms with Crippen LogP contribution in [0.4, 0.5) is 0 Å². The molecule has 0 radical (unpaired) electrons. The van der Waals surface area contributed by atoms with Gasteiger partial charge in [0.25, 0.3) is 5.91 Å². The second kappa shape index (κ2) is 11.4. The monoisotopic (exact) mass is 529 g/mol. The van der Waals surface area contributed by atoms with E-state index < -0.39 is 11.9 Å². The topological polar surface area (TPSA) is 83.7 Å². The molecule has 7 heteroatoms. The van der Waals surface area contributed by atoms with E-state index in [2.05, 4.69) is 22.4 Å². The van der Waals surface area contributed by atoms with Gasteiger partial charge in [-0.2, -0.15) is 0 Å². The summed E-state index contributed by atoms with van der Waals surface area (Å²) in [5, 5.41) is 13.7. The number of imidazole rings is 1. The summed E-state index contributed by atoms with van der Waals surface area (Å²) in [4.78, 5) is 30.1. The van der Waals surface area contributed by atoms with E-state index in [1.165, 1.54) is 12.0 Å². The molecule has 38 heavy (non-hydrogen) atoms. The van der Waals surface area contributed by atoms with Crippen molar-refractivity contribution in [3.63, 3.8) is 0 Å². The number of carbonyl (C=O) groups excluding carboxylic acids is 1. The molecule has 5 rings (SSSR count). The summed E-state index contributed by atoms with van der Waals surface area (Å²) in [5.41, 5.74) is 3.83. The average Bonchev–Trinajstić information content (AvgIpc) is 3.35. The number of hydrogen-bond acceptors (Lipinski definition) is 3. The molecule has 1 aliphatic rings. The molecule has 196 valence electrons. The lowest BCUT2D eigenvalue weighted by Crippen LogP contribution is -2.42. The number of pyridine rings is 1. The van der Waals surface area contributed by atoms with Crippen LogP contribution in [0.1, 0.15) is 59.4 Å². The first-order chi connectivity index (χ1) is 18.4. The van der Waals surface area contributed by atoms with Crippen molar-refractivity contribution in [2.24, 2.45) is 5.92 Å². The van der Waals surface area contributed by atoms with Crippen LogP contribution in [0.5, 0.6) is 0 Å². The smallest absolute Gasteiger partial charge is 0.307 e. The molecule has 2 N–H and O–H groups in total. The summed E-state index contributed by atoms with van der Waals surface area (Å²) < 4.78 is 1.77. The van der Waals surface area contributed by atoms with Crippen molar-refractivity contribution in [1.82, 2.24) is 14.7 Å². The molecule has 1 unspecified atom stereocenters. The average molecular weight is 530 g/mol. The van der Waals surface area contributed by atoms with Crippen molar-refractivity contribution in [2.45, 2.75) is 50.4 Å². The van der Waals surface area contributed by atoms with Crippen LogP contribution >= 0.6 is 11.6 Å². The third-order valence-electron chi connectivity index (χ3n) is 7.76. The van der Waals surface area contributed by atoms with Gasteiger partial charge in [-0.1, -0.05) is 79.4 Å². The Kier molecular flexibility index (Phi) is 7.79. The fraction of sp³-hybridized carbons (Fsp3) is 0.323. The molecule has 0 bridgehead atoms. The number of carboxylic acids is 1. The number of amides is 1. The maximum atomic E-state index is 13.4. The molecule has 6 nitrogen and oxygen atoms in total. The lowest BCUT2D eigenvalue weighted by molar-refractivity contribution is -0.141.